The fourth-order valence-corrected chi connectivity index (χ4v) is 3.45. The summed E-state index contributed by atoms with van der Waals surface area (Å²) in [5.41, 5.74) is 0.0302. The highest BCUT2D eigenvalue weighted by Crippen LogP contribution is 2.35. The Balaban J connectivity index is 1.69. The number of hydrogen-bond donors (Lipinski definition) is 1. The number of aliphatic hydroxyl groups is 1. The SMILES string of the molecule is CCOc1ncccc1C(=O)N1CCC2(CC1)OCCCC2O. The number of amides is 1. The Bertz CT molecular complexity index is 555. The number of aromatic nitrogens is 1. The largest absolute Gasteiger partial charge is 0.477 e. The summed E-state index contributed by atoms with van der Waals surface area (Å²) in [7, 11) is 0. The van der Waals surface area contributed by atoms with Crippen molar-refractivity contribution in [2.45, 2.75) is 44.3 Å². The molecule has 23 heavy (non-hydrogen) atoms. The van der Waals surface area contributed by atoms with Crippen LogP contribution in [0.2, 0.25) is 0 Å². The summed E-state index contributed by atoms with van der Waals surface area (Å²) < 4.78 is 11.3. The summed E-state index contributed by atoms with van der Waals surface area (Å²) in [6.07, 6.45) is 4.23. The van der Waals surface area contributed by atoms with Crippen molar-refractivity contribution in [3.63, 3.8) is 0 Å². The Kier molecular flexibility index (Phi) is 4.82. The Morgan fingerprint density at radius 3 is 3.00 bits per heavy atom. The van der Waals surface area contributed by atoms with Crippen molar-refractivity contribution in [2.75, 3.05) is 26.3 Å². The minimum atomic E-state index is -0.466. The average molecular weight is 320 g/mol. The zero-order chi connectivity index (χ0) is 16.3. The third kappa shape index (κ3) is 3.19. The van der Waals surface area contributed by atoms with Gasteiger partial charge in [-0.15, -0.1) is 0 Å². The summed E-state index contributed by atoms with van der Waals surface area (Å²) >= 11 is 0. The van der Waals surface area contributed by atoms with Crippen LogP contribution < -0.4 is 4.74 Å². The molecule has 0 aliphatic carbocycles. The van der Waals surface area contributed by atoms with Gasteiger partial charge in [0.2, 0.25) is 5.88 Å². The van der Waals surface area contributed by atoms with Crippen LogP contribution >= 0.6 is 0 Å². The highest BCUT2D eigenvalue weighted by Gasteiger charge is 2.44. The molecule has 0 saturated carbocycles. The van der Waals surface area contributed by atoms with Crippen molar-refractivity contribution in [3.05, 3.63) is 23.9 Å². The van der Waals surface area contributed by atoms with Crippen molar-refractivity contribution in [2.24, 2.45) is 0 Å². The van der Waals surface area contributed by atoms with E-state index in [9.17, 15) is 9.90 Å². The van der Waals surface area contributed by atoms with Crippen molar-refractivity contribution in [1.29, 1.82) is 0 Å². The minimum absolute atomic E-state index is 0.0679. The Morgan fingerprint density at radius 1 is 1.52 bits per heavy atom. The lowest BCUT2D eigenvalue weighted by molar-refractivity contribution is -0.174. The molecule has 2 saturated heterocycles. The van der Waals surface area contributed by atoms with E-state index in [1.54, 1.807) is 23.2 Å². The normalized spacial score (nSPS) is 23.7. The van der Waals surface area contributed by atoms with Crippen molar-refractivity contribution >= 4 is 5.91 Å². The summed E-state index contributed by atoms with van der Waals surface area (Å²) in [6, 6.07) is 3.49. The molecule has 2 aliphatic heterocycles. The molecule has 3 rings (SSSR count). The molecule has 6 heteroatoms. The number of carbonyl (C=O) groups is 1. The quantitative estimate of drug-likeness (QED) is 0.916. The highest BCUT2D eigenvalue weighted by molar-refractivity contribution is 5.96. The molecule has 1 aromatic rings. The lowest BCUT2D eigenvalue weighted by Gasteiger charge is -2.46. The van der Waals surface area contributed by atoms with Crippen molar-refractivity contribution in [1.82, 2.24) is 9.88 Å². The fourth-order valence-electron chi connectivity index (χ4n) is 3.45. The lowest BCUT2D eigenvalue weighted by atomic mass is 9.82. The first kappa shape index (κ1) is 16.2. The van der Waals surface area contributed by atoms with Crippen LogP contribution in [0.4, 0.5) is 0 Å². The van der Waals surface area contributed by atoms with Gasteiger partial charge < -0.3 is 19.5 Å². The summed E-state index contributed by atoms with van der Waals surface area (Å²) in [5.74, 6) is 0.316. The summed E-state index contributed by atoms with van der Waals surface area (Å²) in [6.45, 7) is 4.20. The number of carbonyl (C=O) groups excluding carboxylic acids is 1. The molecule has 2 fully saturated rings. The predicted octanol–water partition coefficient (Wildman–Crippen LogP) is 1.63. The van der Waals surface area contributed by atoms with Crippen molar-refractivity contribution in [3.8, 4) is 5.88 Å². The number of ether oxygens (including phenoxy) is 2. The second-order valence-electron chi connectivity index (χ2n) is 6.15. The molecular formula is C17H24N2O4. The number of hydrogen-bond acceptors (Lipinski definition) is 5. The van der Waals surface area contributed by atoms with Crippen LogP contribution in [0.25, 0.3) is 0 Å². The smallest absolute Gasteiger partial charge is 0.259 e. The number of nitrogens with zero attached hydrogens (tertiary/aromatic N) is 2. The van der Waals surface area contributed by atoms with Gasteiger partial charge in [-0.25, -0.2) is 4.98 Å². The van der Waals surface area contributed by atoms with Crippen LogP contribution in [0.15, 0.2) is 18.3 Å². The fraction of sp³-hybridized carbons (Fsp3) is 0.647. The van der Waals surface area contributed by atoms with E-state index in [2.05, 4.69) is 4.98 Å². The number of likely N-dealkylation sites (tertiary alicyclic amines) is 1. The van der Waals surface area contributed by atoms with Crippen molar-refractivity contribution < 1.29 is 19.4 Å². The lowest BCUT2D eigenvalue weighted by Crippen LogP contribution is -2.56. The van der Waals surface area contributed by atoms with Gasteiger partial charge >= 0.3 is 0 Å². The van der Waals surface area contributed by atoms with Crippen LogP contribution in [0, 0.1) is 0 Å². The standard InChI is InChI=1S/C17H24N2O4/c1-2-22-15-13(5-3-9-18-15)16(21)19-10-7-17(8-11-19)14(20)6-4-12-23-17/h3,5,9,14,20H,2,4,6-8,10-12H2,1H3. The predicted molar refractivity (Wildman–Crippen MR) is 84.5 cm³/mol. The molecule has 0 bridgehead atoms. The molecule has 0 aromatic carbocycles. The van der Waals surface area contributed by atoms with E-state index in [1.165, 1.54) is 0 Å². The van der Waals surface area contributed by atoms with E-state index in [0.29, 0.717) is 50.6 Å². The van der Waals surface area contributed by atoms with Gasteiger partial charge in [-0.2, -0.15) is 0 Å². The number of pyridine rings is 1. The summed E-state index contributed by atoms with van der Waals surface area (Å²) in [4.78, 5) is 18.7. The third-order valence-electron chi connectivity index (χ3n) is 4.80. The maximum Gasteiger partial charge on any atom is 0.259 e. The van der Waals surface area contributed by atoms with Gasteiger partial charge in [-0.3, -0.25) is 4.79 Å². The van der Waals surface area contributed by atoms with Gasteiger partial charge in [-0.05, 0) is 44.7 Å². The van der Waals surface area contributed by atoms with E-state index in [1.807, 2.05) is 6.92 Å². The number of aliphatic hydroxyl groups excluding tert-OH is 1. The van der Waals surface area contributed by atoms with E-state index in [0.717, 1.165) is 12.8 Å². The Labute approximate surface area is 136 Å². The maximum atomic E-state index is 12.8. The molecule has 2 aliphatic rings. The zero-order valence-electron chi connectivity index (χ0n) is 13.5. The Morgan fingerprint density at radius 2 is 2.30 bits per heavy atom. The number of piperidine rings is 1. The van der Waals surface area contributed by atoms with Crippen LogP contribution in [-0.4, -0.2) is 58.9 Å². The second kappa shape index (κ2) is 6.84. The van der Waals surface area contributed by atoms with Crippen LogP contribution in [-0.2, 0) is 4.74 Å². The maximum absolute atomic E-state index is 12.8. The van der Waals surface area contributed by atoms with Gasteiger partial charge in [0.1, 0.15) is 5.56 Å². The van der Waals surface area contributed by atoms with Gasteiger partial charge in [0.05, 0.1) is 18.3 Å². The molecule has 0 radical (unpaired) electrons. The van der Waals surface area contributed by atoms with Gasteiger partial charge in [0, 0.05) is 25.9 Å². The first-order valence-electron chi connectivity index (χ1n) is 8.35. The average Bonchev–Trinajstić information content (AvgIpc) is 2.59. The van der Waals surface area contributed by atoms with E-state index < -0.39 is 11.7 Å². The molecular weight excluding hydrogens is 296 g/mol. The molecule has 1 unspecified atom stereocenters. The van der Waals surface area contributed by atoms with E-state index in [4.69, 9.17) is 9.47 Å². The van der Waals surface area contributed by atoms with Gasteiger partial charge in [-0.1, -0.05) is 0 Å². The Hall–Kier alpha value is -1.66. The van der Waals surface area contributed by atoms with Crippen LogP contribution in [0.5, 0.6) is 5.88 Å². The molecule has 1 amide bonds. The molecule has 3 heterocycles. The van der Waals surface area contributed by atoms with Gasteiger partial charge in [0.25, 0.3) is 5.91 Å². The highest BCUT2D eigenvalue weighted by atomic mass is 16.5. The molecule has 6 nitrogen and oxygen atoms in total. The summed E-state index contributed by atoms with van der Waals surface area (Å²) in [5, 5.41) is 10.3. The van der Waals surface area contributed by atoms with Crippen LogP contribution in [0.1, 0.15) is 43.0 Å². The first-order valence-corrected chi connectivity index (χ1v) is 8.35. The number of rotatable bonds is 3. The molecule has 1 aromatic heterocycles. The van der Waals surface area contributed by atoms with Crippen LogP contribution in [0.3, 0.4) is 0 Å². The molecule has 126 valence electrons. The third-order valence-corrected chi connectivity index (χ3v) is 4.80. The first-order chi connectivity index (χ1) is 11.2. The zero-order valence-corrected chi connectivity index (χ0v) is 13.5. The monoisotopic (exact) mass is 320 g/mol. The topological polar surface area (TPSA) is 71.9 Å². The van der Waals surface area contributed by atoms with Gasteiger partial charge in [0.15, 0.2) is 0 Å². The second-order valence-corrected chi connectivity index (χ2v) is 6.15. The molecule has 1 N–H and O–H groups in total. The molecule has 1 atom stereocenters. The molecule has 1 spiro atoms. The minimum Gasteiger partial charge on any atom is -0.477 e. The van der Waals surface area contributed by atoms with E-state index >= 15 is 0 Å². The van der Waals surface area contributed by atoms with E-state index in [-0.39, 0.29) is 5.91 Å².